The molecule has 2 aromatic carbocycles. The van der Waals surface area contributed by atoms with Crippen LogP contribution in [0.1, 0.15) is 24.0 Å². The van der Waals surface area contributed by atoms with E-state index in [0.717, 1.165) is 11.1 Å². The molecule has 0 fully saturated rings. The summed E-state index contributed by atoms with van der Waals surface area (Å²) in [5.74, 6) is -0.244. The Balaban J connectivity index is 2.28. The van der Waals surface area contributed by atoms with Crippen molar-refractivity contribution in [3.8, 4) is 0 Å². The van der Waals surface area contributed by atoms with E-state index in [4.69, 9.17) is 4.74 Å². The van der Waals surface area contributed by atoms with E-state index in [1.165, 1.54) is 6.08 Å². The standard InChI is InChI=1S/C18H18O2/c1-2-20-18(19)14-13-17(15-9-5-3-6-10-15)16-11-7-4-8-12-16/h3-14,17H,2H2,1H3/b14-13+. The predicted octanol–water partition coefficient (Wildman–Crippen LogP) is 3.94. The summed E-state index contributed by atoms with van der Waals surface area (Å²) in [6.45, 7) is 2.20. The smallest absolute Gasteiger partial charge is 0.330 e. The second-order valence-corrected chi connectivity index (χ2v) is 4.41. The molecule has 0 atom stereocenters. The van der Waals surface area contributed by atoms with E-state index in [0.29, 0.717) is 6.61 Å². The van der Waals surface area contributed by atoms with Gasteiger partial charge in [-0.25, -0.2) is 4.79 Å². The van der Waals surface area contributed by atoms with E-state index in [9.17, 15) is 4.79 Å². The summed E-state index contributed by atoms with van der Waals surface area (Å²) in [4.78, 5) is 11.5. The van der Waals surface area contributed by atoms with E-state index >= 15 is 0 Å². The van der Waals surface area contributed by atoms with Crippen LogP contribution in [-0.4, -0.2) is 12.6 Å². The third-order valence-electron chi connectivity index (χ3n) is 3.03. The third-order valence-corrected chi connectivity index (χ3v) is 3.03. The Morgan fingerprint density at radius 2 is 1.50 bits per heavy atom. The van der Waals surface area contributed by atoms with Crippen LogP contribution in [0.5, 0.6) is 0 Å². The molecule has 20 heavy (non-hydrogen) atoms. The minimum Gasteiger partial charge on any atom is -0.463 e. The first-order chi connectivity index (χ1) is 9.81. The first-order valence-electron chi connectivity index (χ1n) is 6.76. The van der Waals surface area contributed by atoms with Gasteiger partial charge in [-0.15, -0.1) is 0 Å². The molecule has 0 N–H and O–H groups in total. The summed E-state index contributed by atoms with van der Waals surface area (Å²) >= 11 is 0. The lowest BCUT2D eigenvalue weighted by molar-refractivity contribution is -0.137. The fourth-order valence-electron chi connectivity index (χ4n) is 2.10. The third kappa shape index (κ3) is 3.82. The van der Waals surface area contributed by atoms with Gasteiger partial charge in [-0.05, 0) is 18.1 Å². The van der Waals surface area contributed by atoms with Gasteiger partial charge in [-0.2, -0.15) is 0 Å². The van der Waals surface area contributed by atoms with Crippen molar-refractivity contribution in [1.82, 2.24) is 0 Å². The van der Waals surface area contributed by atoms with Crippen LogP contribution >= 0.6 is 0 Å². The van der Waals surface area contributed by atoms with Gasteiger partial charge in [-0.1, -0.05) is 66.7 Å². The Morgan fingerprint density at radius 3 is 1.95 bits per heavy atom. The van der Waals surface area contributed by atoms with Crippen molar-refractivity contribution >= 4 is 5.97 Å². The van der Waals surface area contributed by atoms with Gasteiger partial charge in [0, 0.05) is 12.0 Å². The molecular formula is C18H18O2. The van der Waals surface area contributed by atoms with E-state index in [1.54, 1.807) is 6.92 Å². The summed E-state index contributed by atoms with van der Waals surface area (Å²) in [6.07, 6.45) is 3.40. The summed E-state index contributed by atoms with van der Waals surface area (Å²) in [6, 6.07) is 20.2. The number of benzene rings is 2. The van der Waals surface area contributed by atoms with Gasteiger partial charge >= 0.3 is 5.97 Å². The normalized spacial score (nSPS) is 10.9. The molecule has 2 rings (SSSR count). The molecule has 0 unspecified atom stereocenters. The Bertz CT molecular complexity index is 519. The molecule has 2 nitrogen and oxygen atoms in total. The maximum atomic E-state index is 11.5. The zero-order valence-electron chi connectivity index (χ0n) is 11.5. The van der Waals surface area contributed by atoms with Crippen molar-refractivity contribution < 1.29 is 9.53 Å². The van der Waals surface area contributed by atoms with E-state index in [-0.39, 0.29) is 11.9 Å². The fourth-order valence-corrected chi connectivity index (χ4v) is 2.10. The number of carbonyl (C=O) groups is 1. The van der Waals surface area contributed by atoms with Gasteiger partial charge in [-0.3, -0.25) is 0 Å². The molecule has 0 bridgehead atoms. The molecule has 0 saturated carbocycles. The van der Waals surface area contributed by atoms with Crippen molar-refractivity contribution in [2.75, 3.05) is 6.61 Å². The lowest BCUT2D eigenvalue weighted by Gasteiger charge is -2.13. The maximum absolute atomic E-state index is 11.5. The lowest BCUT2D eigenvalue weighted by Crippen LogP contribution is -2.02. The molecule has 0 saturated heterocycles. The van der Waals surface area contributed by atoms with Gasteiger partial charge < -0.3 is 4.74 Å². The number of rotatable bonds is 5. The van der Waals surface area contributed by atoms with Crippen molar-refractivity contribution in [2.45, 2.75) is 12.8 Å². The average Bonchev–Trinajstić information content (AvgIpc) is 2.50. The Morgan fingerprint density at radius 1 is 1.00 bits per heavy atom. The zero-order chi connectivity index (χ0) is 14.2. The molecule has 2 aromatic rings. The van der Waals surface area contributed by atoms with Crippen LogP contribution in [0.15, 0.2) is 72.8 Å². The quantitative estimate of drug-likeness (QED) is 0.605. The summed E-state index contributed by atoms with van der Waals surface area (Å²) in [5, 5.41) is 0. The fraction of sp³-hybridized carbons (Fsp3) is 0.167. The van der Waals surface area contributed by atoms with Crippen LogP contribution in [-0.2, 0) is 9.53 Å². The average molecular weight is 266 g/mol. The number of carbonyl (C=O) groups excluding carboxylic acids is 1. The molecule has 0 aliphatic heterocycles. The first kappa shape index (κ1) is 14.1. The summed E-state index contributed by atoms with van der Waals surface area (Å²) in [7, 11) is 0. The highest BCUT2D eigenvalue weighted by molar-refractivity contribution is 5.82. The van der Waals surface area contributed by atoms with Crippen LogP contribution < -0.4 is 0 Å². The van der Waals surface area contributed by atoms with E-state index in [1.807, 2.05) is 42.5 Å². The monoisotopic (exact) mass is 266 g/mol. The van der Waals surface area contributed by atoms with Crippen molar-refractivity contribution in [3.63, 3.8) is 0 Å². The highest BCUT2D eigenvalue weighted by atomic mass is 16.5. The Labute approximate surface area is 119 Å². The Kier molecular flexibility index (Phi) is 5.13. The van der Waals surface area contributed by atoms with E-state index < -0.39 is 0 Å². The summed E-state index contributed by atoms with van der Waals surface area (Å²) < 4.78 is 4.94. The van der Waals surface area contributed by atoms with Crippen LogP contribution in [0, 0.1) is 0 Å². The van der Waals surface area contributed by atoms with Gasteiger partial charge in [0.2, 0.25) is 0 Å². The largest absolute Gasteiger partial charge is 0.463 e. The highest BCUT2D eigenvalue weighted by Gasteiger charge is 2.10. The molecule has 0 aromatic heterocycles. The van der Waals surface area contributed by atoms with Gasteiger partial charge in [0.05, 0.1) is 6.61 Å². The van der Waals surface area contributed by atoms with Gasteiger partial charge in [0.25, 0.3) is 0 Å². The number of allylic oxidation sites excluding steroid dienone is 1. The topological polar surface area (TPSA) is 26.3 Å². The SMILES string of the molecule is CCOC(=O)/C=C/C(c1ccccc1)c1ccccc1. The van der Waals surface area contributed by atoms with Crippen molar-refractivity contribution in [1.29, 1.82) is 0 Å². The molecule has 0 aliphatic rings. The van der Waals surface area contributed by atoms with Crippen LogP contribution in [0.2, 0.25) is 0 Å². The second kappa shape index (κ2) is 7.29. The van der Waals surface area contributed by atoms with Gasteiger partial charge in [0.1, 0.15) is 0 Å². The summed E-state index contributed by atoms with van der Waals surface area (Å²) in [5.41, 5.74) is 2.30. The minimum atomic E-state index is -0.302. The van der Waals surface area contributed by atoms with Crippen molar-refractivity contribution in [3.05, 3.63) is 83.9 Å². The van der Waals surface area contributed by atoms with Gasteiger partial charge in [0.15, 0.2) is 0 Å². The van der Waals surface area contributed by atoms with Crippen LogP contribution in [0.3, 0.4) is 0 Å². The molecule has 102 valence electrons. The second-order valence-electron chi connectivity index (χ2n) is 4.41. The lowest BCUT2D eigenvalue weighted by atomic mass is 9.91. The molecule has 2 heteroatoms. The molecule has 0 radical (unpaired) electrons. The molecule has 0 amide bonds. The van der Waals surface area contributed by atoms with Crippen LogP contribution in [0.25, 0.3) is 0 Å². The molecular weight excluding hydrogens is 248 g/mol. The maximum Gasteiger partial charge on any atom is 0.330 e. The predicted molar refractivity (Wildman–Crippen MR) is 80.5 cm³/mol. The minimum absolute atomic E-state index is 0.0572. The molecule has 0 aliphatic carbocycles. The van der Waals surface area contributed by atoms with Crippen LogP contribution in [0.4, 0.5) is 0 Å². The number of hydrogen-bond donors (Lipinski definition) is 0. The Hall–Kier alpha value is -2.35. The zero-order valence-corrected chi connectivity index (χ0v) is 11.5. The number of hydrogen-bond acceptors (Lipinski definition) is 2. The molecule has 0 spiro atoms. The van der Waals surface area contributed by atoms with Crippen molar-refractivity contribution in [2.24, 2.45) is 0 Å². The number of ether oxygens (including phenoxy) is 1. The first-order valence-corrected chi connectivity index (χ1v) is 6.76. The molecule has 0 heterocycles. The highest BCUT2D eigenvalue weighted by Crippen LogP contribution is 2.25. The van der Waals surface area contributed by atoms with E-state index in [2.05, 4.69) is 24.3 Å². The number of esters is 1.